The van der Waals surface area contributed by atoms with Gasteiger partial charge in [-0.3, -0.25) is 10.1 Å². The molecule has 3 rings (SSSR count). The fourth-order valence-corrected chi connectivity index (χ4v) is 5.86. The van der Waals surface area contributed by atoms with Crippen molar-refractivity contribution in [2.24, 2.45) is 4.99 Å². The number of carbonyl (C=O) groups excluding carboxylic acids is 2. The Balaban J connectivity index is 1.55. The Morgan fingerprint density at radius 1 is 1.06 bits per heavy atom. The number of hydrogen-bond donors (Lipinski definition) is 1. The SMILES string of the molecule is CCCCCCCCCCCCN1C(SCc2c(F)cccc2Cl)=NC2C1C(=O)NC(=O)N2C. The second-order valence-corrected chi connectivity index (χ2v) is 10.4. The number of thioether (sulfide) groups is 1. The molecule has 1 saturated heterocycles. The zero-order chi connectivity index (χ0) is 24.5. The Hall–Kier alpha value is -1.80. The fourth-order valence-electron chi connectivity index (χ4n) is 4.43. The first kappa shape index (κ1) is 26.8. The minimum atomic E-state index is -0.567. The van der Waals surface area contributed by atoms with Gasteiger partial charge in [-0.05, 0) is 18.6 Å². The molecule has 2 heterocycles. The van der Waals surface area contributed by atoms with Crippen molar-refractivity contribution in [2.45, 2.75) is 89.1 Å². The molecule has 0 aliphatic carbocycles. The predicted octanol–water partition coefficient (Wildman–Crippen LogP) is 6.18. The van der Waals surface area contributed by atoms with E-state index in [0.717, 1.165) is 12.8 Å². The number of halogens is 2. The third kappa shape index (κ3) is 6.87. The first-order chi connectivity index (χ1) is 16.4. The van der Waals surface area contributed by atoms with E-state index in [4.69, 9.17) is 16.6 Å². The maximum absolute atomic E-state index is 14.3. The van der Waals surface area contributed by atoms with Crippen molar-refractivity contribution >= 4 is 40.5 Å². The number of urea groups is 1. The summed E-state index contributed by atoms with van der Waals surface area (Å²) in [5.74, 6) is -0.386. The molecule has 1 fully saturated rings. The number of unbranched alkanes of at least 4 members (excludes halogenated alkanes) is 9. The minimum absolute atomic E-state index is 0.303. The summed E-state index contributed by atoms with van der Waals surface area (Å²) in [5.41, 5.74) is 0.416. The second kappa shape index (κ2) is 13.3. The van der Waals surface area contributed by atoms with Crippen LogP contribution in [0.15, 0.2) is 23.2 Å². The molecule has 34 heavy (non-hydrogen) atoms. The molecule has 188 valence electrons. The number of imide groups is 1. The van der Waals surface area contributed by atoms with Gasteiger partial charge in [-0.25, -0.2) is 14.2 Å². The average Bonchev–Trinajstić information content (AvgIpc) is 3.17. The number of hydrogen-bond acceptors (Lipinski definition) is 5. The highest BCUT2D eigenvalue weighted by atomic mass is 35.5. The standard InChI is InChI=1S/C25H36ClFN4O2S/c1-3-4-5-6-7-8-9-10-11-12-16-31-21-22(30(2)24(33)29-23(21)32)28-25(31)34-17-18-19(26)14-13-15-20(18)27/h13-15,21-22H,3-12,16-17H2,1-2H3,(H,29,32,33). The second-order valence-electron chi connectivity index (χ2n) is 9.04. The van der Waals surface area contributed by atoms with Crippen LogP contribution in [-0.2, 0) is 10.5 Å². The highest BCUT2D eigenvalue weighted by Crippen LogP contribution is 2.32. The van der Waals surface area contributed by atoms with Crippen molar-refractivity contribution in [3.63, 3.8) is 0 Å². The largest absolute Gasteiger partial charge is 0.336 e. The molecule has 0 aromatic heterocycles. The van der Waals surface area contributed by atoms with Gasteiger partial charge in [-0.1, -0.05) is 94.1 Å². The Morgan fingerprint density at radius 3 is 2.35 bits per heavy atom. The van der Waals surface area contributed by atoms with Crippen LogP contribution in [-0.4, -0.2) is 52.7 Å². The summed E-state index contributed by atoms with van der Waals surface area (Å²) in [4.78, 5) is 32.9. The van der Waals surface area contributed by atoms with Crippen LogP contribution >= 0.6 is 23.4 Å². The smallest absolute Gasteiger partial charge is 0.325 e. The number of benzene rings is 1. The number of likely N-dealkylation sites (N-methyl/N-ethyl adjacent to an activating group) is 1. The number of fused-ring (bicyclic) bond motifs is 1. The Labute approximate surface area is 211 Å². The van der Waals surface area contributed by atoms with Gasteiger partial charge in [0, 0.05) is 29.9 Å². The molecule has 0 spiro atoms. The number of aliphatic imine (C=N–C) groups is 1. The van der Waals surface area contributed by atoms with Crippen molar-refractivity contribution in [3.8, 4) is 0 Å². The van der Waals surface area contributed by atoms with E-state index < -0.39 is 18.2 Å². The van der Waals surface area contributed by atoms with Crippen molar-refractivity contribution < 1.29 is 14.0 Å². The van der Waals surface area contributed by atoms with Crippen LogP contribution in [0.3, 0.4) is 0 Å². The molecule has 0 radical (unpaired) electrons. The molecule has 6 nitrogen and oxygen atoms in total. The molecular weight excluding hydrogens is 475 g/mol. The van der Waals surface area contributed by atoms with Gasteiger partial charge in [0.15, 0.2) is 17.4 Å². The van der Waals surface area contributed by atoms with Crippen LogP contribution in [0.2, 0.25) is 5.02 Å². The Morgan fingerprint density at radius 2 is 1.71 bits per heavy atom. The quantitative estimate of drug-likeness (QED) is 0.322. The van der Waals surface area contributed by atoms with E-state index in [1.165, 1.54) is 74.1 Å². The zero-order valence-electron chi connectivity index (χ0n) is 20.2. The Kier molecular flexibility index (Phi) is 10.5. The number of carbonyl (C=O) groups is 2. The van der Waals surface area contributed by atoms with Gasteiger partial charge >= 0.3 is 6.03 Å². The molecule has 0 bridgehead atoms. The number of rotatable bonds is 13. The molecule has 2 unspecified atom stereocenters. The van der Waals surface area contributed by atoms with E-state index in [9.17, 15) is 14.0 Å². The lowest BCUT2D eigenvalue weighted by Crippen LogP contribution is -2.63. The number of nitrogens with one attached hydrogen (secondary N) is 1. The van der Waals surface area contributed by atoms with Crippen molar-refractivity contribution in [1.29, 1.82) is 0 Å². The van der Waals surface area contributed by atoms with Gasteiger partial charge in [-0.15, -0.1) is 0 Å². The van der Waals surface area contributed by atoms with Crippen LogP contribution in [0.5, 0.6) is 0 Å². The molecule has 1 aromatic rings. The van der Waals surface area contributed by atoms with E-state index >= 15 is 0 Å². The summed E-state index contributed by atoms with van der Waals surface area (Å²) in [5, 5.41) is 3.45. The lowest BCUT2D eigenvalue weighted by molar-refractivity contribution is -0.127. The normalized spacial score (nSPS) is 19.9. The van der Waals surface area contributed by atoms with E-state index in [2.05, 4.69) is 12.2 Å². The van der Waals surface area contributed by atoms with Crippen molar-refractivity contribution in [2.75, 3.05) is 13.6 Å². The topological polar surface area (TPSA) is 65.0 Å². The summed E-state index contributed by atoms with van der Waals surface area (Å²) >= 11 is 7.55. The highest BCUT2D eigenvalue weighted by Gasteiger charge is 2.48. The number of nitrogens with zero attached hydrogens (tertiary/aromatic N) is 3. The van der Waals surface area contributed by atoms with Crippen LogP contribution < -0.4 is 5.32 Å². The summed E-state index contributed by atoms with van der Waals surface area (Å²) in [6, 6.07) is 3.63. The van der Waals surface area contributed by atoms with Gasteiger partial charge in [0.1, 0.15) is 5.82 Å². The number of amidine groups is 1. The van der Waals surface area contributed by atoms with Crippen LogP contribution in [0.25, 0.3) is 0 Å². The van der Waals surface area contributed by atoms with Gasteiger partial charge in [-0.2, -0.15) is 0 Å². The van der Waals surface area contributed by atoms with Gasteiger partial charge in [0.2, 0.25) is 0 Å². The van der Waals surface area contributed by atoms with Crippen LogP contribution in [0.1, 0.15) is 76.7 Å². The predicted molar refractivity (Wildman–Crippen MR) is 138 cm³/mol. The van der Waals surface area contributed by atoms with Gasteiger partial charge < -0.3 is 9.80 Å². The zero-order valence-corrected chi connectivity index (χ0v) is 21.8. The first-order valence-corrected chi connectivity index (χ1v) is 13.8. The maximum atomic E-state index is 14.3. The molecule has 2 aliphatic rings. The Bertz CT molecular complexity index is 864. The molecule has 0 saturated carbocycles. The minimum Gasteiger partial charge on any atom is -0.336 e. The highest BCUT2D eigenvalue weighted by molar-refractivity contribution is 8.13. The van der Waals surface area contributed by atoms with Gasteiger partial charge in [0.05, 0.1) is 0 Å². The monoisotopic (exact) mass is 510 g/mol. The summed E-state index contributed by atoms with van der Waals surface area (Å²) in [6.45, 7) is 2.91. The summed E-state index contributed by atoms with van der Waals surface area (Å²) in [7, 11) is 1.64. The summed E-state index contributed by atoms with van der Waals surface area (Å²) in [6.07, 6.45) is 11.7. The van der Waals surface area contributed by atoms with E-state index in [1.807, 2.05) is 4.90 Å². The van der Waals surface area contributed by atoms with Crippen LogP contribution in [0.4, 0.5) is 9.18 Å². The average molecular weight is 511 g/mol. The third-order valence-electron chi connectivity index (χ3n) is 6.48. The molecule has 1 aromatic carbocycles. The van der Waals surface area contributed by atoms with Gasteiger partial charge in [0.25, 0.3) is 5.91 Å². The molecule has 2 atom stereocenters. The van der Waals surface area contributed by atoms with E-state index in [0.29, 0.717) is 28.1 Å². The number of amides is 3. The molecule has 9 heteroatoms. The molecule has 2 aliphatic heterocycles. The lowest BCUT2D eigenvalue weighted by Gasteiger charge is -2.36. The molecule has 3 amide bonds. The van der Waals surface area contributed by atoms with Crippen molar-refractivity contribution in [1.82, 2.24) is 15.1 Å². The summed E-state index contributed by atoms with van der Waals surface area (Å²) < 4.78 is 14.3. The van der Waals surface area contributed by atoms with Crippen molar-refractivity contribution in [3.05, 3.63) is 34.6 Å². The fraction of sp³-hybridized carbons (Fsp3) is 0.640. The maximum Gasteiger partial charge on any atom is 0.325 e. The first-order valence-electron chi connectivity index (χ1n) is 12.4. The molecule has 1 N–H and O–H groups in total. The third-order valence-corrected chi connectivity index (χ3v) is 7.87. The van der Waals surface area contributed by atoms with E-state index in [-0.39, 0.29) is 11.7 Å². The van der Waals surface area contributed by atoms with Crippen LogP contribution in [0, 0.1) is 5.82 Å². The van der Waals surface area contributed by atoms with E-state index in [1.54, 1.807) is 19.2 Å². The lowest BCUT2D eigenvalue weighted by atomic mass is 10.1. The molecular formula is C25H36ClFN4O2S.